The minimum Gasteiger partial charge on any atom is -0.375 e. The molecule has 2 nitrogen and oxygen atoms in total. The largest absolute Gasteiger partial charge is 0.375 e. The van der Waals surface area contributed by atoms with Crippen LogP contribution in [0.2, 0.25) is 0 Å². The van der Waals surface area contributed by atoms with Crippen molar-refractivity contribution in [2.75, 3.05) is 13.6 Å². The van der Waals surface area contributed by atoms with E-state index in [1.165, 1.54) is 6.42 Å². The third kappa shape index (κ3) is 3.88. The van der Waals surface area contributed by atoms with E-state index in [4.69, 9.17) is 0 Å². The fourth-order valence-corrected chi connectivity index (χ4v) is 0.594. The molecular weight excluding hydrogens is 112 g/mol. The van der Waals surface area contributed by atoms with E-state index in [1.54, 1.807) is 0 Å². The molecular formula is C7H16N2. The Labute approximate surface area is 57.3 Å². The number of nitrogens with one attached hydrogen (secondary N) is 2. The van der Waals surface area contributed by atoms with Crippen molar-refractivity contribution in [2.45, 2.75) is 20.3 Å². The first-order valence-corrected chi connectivity index (χ1v) is 3.43. The first-order valence-electron chi connectivity index (χ1n) is 3.43. The van der Waals surface area contributed by atoms with Crippen LogP contribution in [0.4, 0.5) is 0 Å². The topological polar surface area (TPSA) is 24.1 Å². The van der Waals surface area contributed by atoms with Crippen molar-refractivity contribution in [3.8, 4) is 0 Å². The Morgan fingerprint density at radius 3 is 2.56 bits per heavy atom. The van der Waals surface area contributed by atoms with E-state index in [-0.39, 0.29) is 0 Å². The first-order chi connectivity index (χ1) is 4.35. The van der Waals surface area contributed by atoms with Crippen molar-refractivity contribution in [2.24, 2.45) is 0 Å². The zero-order chi connectivity index (χ0) is 7.11. The molecule has 0 saturated heterocycles. The van der Waals surface area contributed by atoms with E-state index in [0.29, 0.717) is 0 Å². The van der Waals surface area contributed by atoms with Gasteiger partial charge in [0.05, 0.1) is 5.82 Å². The summed E-state index contributed by atoms with van der Waals surface area (Å²) in [4.78, 5) is 0. The highest BCUT2D eigenvalue weighted by Crippen LogP contribution is 1.80. The van der Waals surface area contributed by atoms with Crippen LogP contribution in [-0.4, -0.2) is 13.6 Å². The molecule has 0 unspecified atom stereocenters. The van der Waals surface area contributed by atoms with Gasteiger partial charge in [-0.15, -0.1) is 0 Å². The summed E-state index contributed by atoms with van der Waals surface area (Å²) in [5.74, 6) is 1.11. The number of hydrogen-bond donors (Lipinski definition) is 2. The molecule has 0 rings (SSSR count). The first kappa shape index (κ1) is 8.34. The van der Waals surface area contributed by atoms with Crippen LogP contribution in [0.1, 0.15) is 20.3 Å². The molecule has 0 aliphatic carbocycles. The maximum atomic E-state index is 3.22. The molecule has 0 atom stereocenters. The summed E-state index contributed by atoms with van der Waals surface area (Å²) in [6, 6.07) is 0. The van der Waals surface area contributed by atoms with Gasteiger partial charge in [-0.2, -0.15) is 0 Å². The van der Waals surface area contributed by atoms with Crippen molar-refractivity contribution in [1.29, 1.82) is 0 Å². The second kappa shape index (κ2) is 5.48. The highest BCUT2D eigenvalue weighted by molar-refractivity contribution is 4.92. The van der Waals surface area contributed by atoms with Crippen LogP contribution < -0.4 is 10.6 Å². The second-order valence-electron chi connectivity index (χ2n) is 1.88. The minimum atomic E-state index is 1.04. The molecule has 2 heteroatoms. The Hall–Kier alpha value is -0.660. The standard InChI is InChI=1S/C7H16N2/c1-4-6-9-7(5-2)8-3/h5,8-9H,4,6H2,1-3H3/b7-5+. The fourth-order valence-electron chi connectivity index (χ4n) is 0.594. The lowest BCUT2D eigenvalue weighted by molar-refractivity contribution is 0.713. The molecule has 0 saturated carbocycles. The summed E-state index contributed by atoms with van der Waals surface area (Å²) in [6.45, 7) is 5.20. The van der Waals surface area contributed by atoms with Gasteiger partial charge in [0.2, 0.25) is 0 Å². The molecule has 0 aromatic heterocycles. The predicted octanol–water partition coefficient (Wildman–Crippen LogP) is 1.07. The van der Waals surface area contributed by atoms with Gasteiger partial charge in [0.15, 0.2) is 0 Å². The molecule has 0 radical (unpaired) electrons. The van der Waals surface area contributed by atoms with E-state index in [9.17, 15) is 0 Å². The quantitative estimate of drug-likeness (QED) is 0.591. The Morgan fingerprint density at radius 2 is 2.22 bits per heavy atom. The van der Waals surface area contributed by atoms with E-state index < -0.39 is 0 Å². The van der Waals surface area contributed by atoms with Gasteiger partial charge < -0.3 is 10.6 Å². The van der Waals surface area contributed by atoms with Crippen molar-refractivity contribution in [3.63, 3.8) is 0 Å². The lowest BCUT2D eigenvalue weighted by Crippen LogP contribution is -2.23. The molecule has 0 fully saturated rings. The number of rotatable bonds is 4. The van der Waals surface area contributed by atoms with Gasteiger partial charge in [0.25, 0.3) is 0 Å². The summed E-state index contributed by atoms with van der Waals surface area (Å²) < 4.78 is 0. The second-order valence-corrected chi connectivity index (χ2v) is 1.88. The lowest BCUT2D eigenvalue weighted by atomic mass is 10.4. The zero-order valence-electron chi connectivity index (χ0n) is 6.49. The minimum absolute atomic E-state index is 1.04. The molecule has 9 heavy (non-hydrogen) atoms. The number of allylic oxidation sites excluding steroid dienone is 1. The van der Waals surface area contributed by atoms with E-state index in [1.807, 2.05) is 20.0 Å². The van der Waals surface area contributed by atoms with Crippen LogP contribution in [0.25, 0.3) is 0 Å². The fraction of sp³-hybridized carbons (Fsp3) is 0.714. The van der Waals surface area contributed by atoms with Crippen molar-refractivity contribution >= 4 is 0 Å². The molecule has 0 aromatic rings. The SMILES string of the molecule is C/C=C(\NC)NCCC. The molecule has 0 spiro atoms. The zero-order valence-corrected chi connectivity index (χ0v) is 6.49. The number of hydrogen-bond acceptors (Lipinski definition) is 2. The third-order valence-corrected chi connectivity index (χ3v) is 1.12. The average molecular weight is 128 g/mol. The molecule has 0 aromatic carbocycles. The summed E-state index contributed by atoms with van der Waals surface area (Å²) in [7, 11) is 1.91. The van der Waals surface area contributed by atoms with Crippen molar-refractivity contribution in [3.05, 3.63) is 11.9 Å². The van der Waals surface area contributed by atoms with E-state index >= 15 is 0 Å². The normalized spacial score (nSPS) is 11.2. The van der Waals surface area contributed by atoms with Gasteiger partial charge in [-0.3, -0.25) is 0 Å². The van der Waals surface area contributed by atoms with Crippen LogP contribution in [0.3, 0.4) is 0 Å². The van der Waals surface area contributed by atoms with Gasteiger partial charge in [0, 0.05) is 13.6 Å². The maximum absolute atomic E-state index is 3.22. The Morgan fingerprint density at radius 1 is 1.56 bits per heavy atom. The third-order valence-electron chi connectivity index (χ3n) is 1.12. The van der Waals surface area contributed by atoms with Gasteiger partial charge >= 0.3 is 0 Å². The van der Waals surface area contributed by atoms with E-state index in [2.05, 4.69) is 17.6 Å². The van der Waals surface area contributed by atoms with Crippen LogP contribution in [0.15, 0.2) is 11.9 Å². The predicted molar refractivity (Wildman–Crippen MR) is 41.1 cm³/mol. The van der Waals surface area contributed by atoms with Crippen LogP contribution in [-0.2, 0) is 0 Å². The van der Waals surface area contributed by atoms with Gasteiger partial charge in [-0.1, -0.05) is 6.92 Å². The average Bonchev–Trinajstić information content (AvgIpc) is 1.91. The summed E-state index contributed by atoms with van der Waals surface area (Å²) in [5.41, 5.74) is 0. The molecule has 0 amide bonds. The molecule has 0 heterocycles. The lowest BCUT2D eigenvalue weighted by Gasteiger charge is -2.07. The van der Waals surface area contributed by atoms with Gasteiger partial charge in [-0.25, -0.2) is 0 Å². The smallest absolute Gasteiger partial charge is 0.0939 e. The van der Waals surface area contributed by atoms with Crippen LogP contribution in [0.5, 0.6) is 0 Å². The van der Waals surface area contributed by atoms with Gasteiger partial charge in [0.1, 0.15) is 0 Å². The highest BCUT2D eigenvalue weighted by Gasteiger charge is 1.84. The summed E-state index contributed by atoms with van der Waals surface area (Å²) >= 11 is 0. The summed E-state index contributed by atoms with van der Waals surface area (Å²) in [5, 5.41) is 6.26. The maximum Gasteiger partial charge on any atom is 0.0939 e. The molecule has 2 N–H and O–H groups in total. The molecule has 0 aliphatic rings. The molecule has 0 bridgehead atoms. The van der Waals surface area contributed by atoms with Gasteiger partial charge in [-0.05, 0) is 19.4 Å². The van der Waals surface area contributed by atoms with Crippen LogP contribution in [0, 0.1) is 0 Å². The Kier molecular flexibility index (Phi) is 5.07. The monoisotopic (exact) mass is 128 g/mol. The molecule has 54 valence electrons. The molecule has 0 aliphatic heterocycles. The Balaban J connectivity index is 3.33. The highest BCUT2D eigenvalue weighted by atomic mass is 15.1. The van der Waals surface area contributed by atoms with E-state index in [0.717, 1.165) is 12.4 Å². The van der Waals surface area contributed by atoms with Crippen LogP contribution >= 0.6 is 0 Å². The summed E-state index contributed by atoms with van der Waals surface area (Å²) in [6.07, 6.45) is 3.19. The van der Waals surface area contributed by atoms with Crippen molar-refractivity contribution < 1.29 is 0 Å². The van der Waals surface area contributed by atoms with Crippen molar-refractivity contribution in [1.82, 2.24) is 10.6 Å². The Bertz CT molecular complexity index is 86.9.